The molecule has 0 spiro atoms. The Labute approximate surface area is 121 Å². The summed E-state index contributed by atoms with van der Waals surface area (Å²) in [4.78, 5) is 8.61. The smallest absolute Gasteiger partial charge is 0.231 e. The van der Waals surface area contributed by atoms with Crippen molar-refractivity contribution in [1.82, 2.24) is 15.1 Å². The van der Waals surface area contributed by atoms with E-state index in [0.717, 1.165) is 15.4 Å². The molecule has 2 heterocycles. The van der Waals surface area contributed by atoms with E-state index in [1.54, 1.807) is 6.20 Å². The molecule has 96 valence electrons. The first-order valence-electron chi connectivity index (χ1n) is 5.50. The largest absolute Gasteiger partial charge is 0.339 e. The normalized spacial score (nSPS) is 12.7. The maximum atomic E-state index is 5.65. The van der Waals surface area contributed by atoms with Crippen LogP contribution in [-0.4, -0.2) is 21.7 Å². The minimum Gasteiger partial charge on any atom is -0.339 e. The van der Waals surface area contributed by atoms with Gasteiger partial charge >= 0.3 is 0 Å². The Morgan fingerprint density at radius 3 is 2.83 bits per heavy atom. The molecule has 18 heavy (non-hydrogen) atoms. The fourth-order valence-electron chi connectivity index (χ4n) is 1.52. The Morgan fingerprint density at radius 2 is 2.22 bits per heavy atom. The molecule has 2 N–H and O–H groups in total. The highest BCUT2D eigenvalue weighted by Crippen LogP contribution is 2.27. The second-order valence-electron chi connectivity index (χ2n) is 3.78. The van der Waals surface area contributed by atoms with Gasteiger partial charge in [0.1, 0.15) is 5.69 Å². The monoisotopic (exact) mass is 374 g/mol. The third kappa shape index (κ3) is 2.78. The lowest BCUT2D eigenvalue weighted by atomic mass is 10.1. The second kappa shape index (κ2) is 5.90. The molecule has 0 aliphatic heterocycles. The van der Waals surface area contributed by atoms with Gasteiger partial charge in [0.15, 0.2) is 0 Å². The van der Waals surface area contributed by atoms with Gasteiger partial charge in [-0.3, -0.25) is 4.98 Å². The number of rotatable bonds is 4. The molecule has 0 aliphatic rings. The first-order valence-corrected chi connectivity index (χ1v) is 7.09. The second-order valence-corrected chi connectivity index (χ2v) is 5.55. The van der Waals surface area contributed by atoms with Gasteiger partial charge in [0.2, 0.25) is 11.7 Å². The molecular weight excluding hydrogens is 364 g/mol. The lowest BCUT2D eigenvalue weighted by Crippen LogP contribution is -2.11. The van der Waals surface area contributed by atoms with Crippen molar-refractivity contribution >= 4 is 31.9 Å². The molecule has 0 radical (unpaired) electrons. The Hall–Kier alpha value is -0.790. The number of aromatic nitrogens is 3. The van der Waals surface area contributed by atoms with Crippen molar-refractivity contribution in [2.45, 2.75) is 19.3 Å². The molecule has 0 saturated heterocycles. The fourth-order valence-corrected chi connectivity index (χ4v) is 2.68. The lowest BCUT2D eigenvalue weighted by Gasteiger charge is -2.04. The molecule has 0 aliphatic carbocycles. The van der Waals surface area contributed by atoms with E-state index < -0.39 is 0 Å². The first kappa shape index (κ1) is 13.6. The average molecular weight is 376 g/mol. The van der Waals surface area contributed by atoms with Crippen LogP contribution < -0.4 is 5.73 Å². The maximum Gasteiger partial charge on any atom is 0.231 e. The van der Waals surface area contributed by atoms with E-state index >= 15 is 0 Å². The Morgan fingerprint density at radius 1 is 1.44 bits per heavy atom. The highest BCUT2D eigenvalue weighted by Gasteiger charge is 2.18. The van der Waals surface area contributed by atoms with Gasteiger partial charge in [-0.2, -0.15) is 4.98 Å². The van der Waals surface area contributed by atoms with Crippen molar-refractivity contribution in [3.8, 4) is 11.5 Å². The quantitative estimate of drug-likeness (QED) is 0.888. The summed E-state index contributed by atoms with van der Waals surface area (Å²) in [5.74, 6) is 1.13. The molecule has 0 aromatic carbocycles. The van der Waals surface area contributed by atoms with E-state index in [9.17, 15) is 0 Å². The van der Waals surface area contributed by atoms with Gasteiger partial charge in [0, 0.05) is 21.7 Å². The number of hydrogen-bond acceptors (Lipinski definition) is 5. The van der Waals surface area contributed by atoms with Crippen LogP contribution in [0.5, 0.6) is 0 Å². The van der Waals surface area contributed by atoms with Crippen LogP contribution in [0.1, 0.15) is 25.2 Å². The molecular formula is C11H12Br2N4O. The summed E-state index contributed by atoms with van der Waals surface area (Å²) in [5.41, 5.74) is 6.31. The van der Waals surface area contributed by atoms with Gasteiger partial charge in [-0.05, 0) is 44.3 Å². The third-order valence-corrected chi connectivity index (χ3v) is 3.63. The number of halogens is 2. The van der Waals surface area contributed by atoms with Crippen LogP contribution in [0, 0.1) is 0 Å². The van der Waals surface area contributed by atoms with Gasteiger partial charge in [0.05, 0.1) is 5.92 Å². The lowest BCUT2D eigenvalue weighted by molar-refractivity contribution is 0.351. The van der Waals surface area contributed by atoms with Gasteiger partial charge in [0.25, 0.3) is 0 Å². The number of hydrogen-bond donors (Lipinski definition) is 1. The number of nitrogens with zero attached hydrogens (tertiary/aromatic N) is 3. The first-order chi connectivity index (χ1) is 8.65. The van der Waals surface area contributed by atoms with Gasteiger partial charge in [-0.1, -0.05) is 12.1 Å². The van der Waals surface area contributed by atoms with E-state index in [0.29, 0.717) is 24.0 Å². The molecule has 0 bridgehead atoms. The van der Waals surface area contributed by atoms with Crippen molar-refractivity contribution in [3.63, 3.8) is 0 Å². The molecule has 2 aromatic rings. The molecule has 1 atom stereocenters. The van der Waals surface area contributed by atoms with Crippen LogP contribution >= 0.6 is 31.9 Å². The Bertz CT molecular complexity index is 540. The fraction of sp³-hybridized carbons (Fsp3) is 0.364. The van der Waals surface area contributed by atoms with Gasteiger partial charge in [-0.15, -0.1) is 0 Å². The predicted octanol–water partition coefficient (Wildman–Crippen LogP) is 3.11. The van der Waals surface area contributed by atoms with Crippen LogP contribution in [0.3, 0.4) is 0 Å². The predicted molar refractivity (Wildman–Crippen MR) is 75.0 cm³/mol. The minimum atomic E-state index is 0.0977. The molecule has 1 unspecified atom stereocenters. The summed E-state index contributed by atoms with van der Waals surface area (Å²) in [6.07, 6.45) is 2.56. The molecule has 0 saturated carbocycles. The highest BCUT2D eigenvalue weighted by atomic mass is 79.9. The molecule has 2 rings (SSSR count). The van der Waals surface area contributed by atoms with E-state index in [2.05, 4.69) is 47.0 Å². The standard InChI is InChI=1S/C11H12Br2N4O/c1-2-6(4-14)11-16-10(17-18-11)9-8(13)3-7(12)5-15-9/h3,5-6H,2,4,14H2,1H3. The van der Waals surface area contributed by atoms with E-state index in [-0.39, 0.29) is 5.92 Å². The Kier molecular flexibility index (Phi) is 4.47. The molecule has 2 aromatic heterocycles. The Balaban J connectivity index is 2.34. The minimum absolute atomic E-state index is 0.0977. The SMILES string of the molecule is CCC(CN)c1nc(-c2ncc(Br)cc2Br)no1. The van der Waals surface area contributed by atoms with E-state index in [1.165, 1.54) is 0 Å². The molecule has 7 heteroatoms. The van der Waals surface area contributed by atoms with Crippen molar-refractivity contribution in [1.29, 1.82) is 0 Å². The van der Waals surface area contributed by atoms with Crippen LogP contribution in [0.4, 0.5) is 0 Å². The molecule has 0 fully saturated rings. The zero-order chi connectivity index (χ0) is 13.1. The van der Waals surface area contributed by atoms with Crippen LogP contribution in [-0.2, 0) is 0 Å². The van der Waals surface area contributed by atoms with Crippen LogP contribution in [0.15, 0.2) is 25.7 Å². The maximum absolute atomic E-state index is 5.65. The third-order valence-electron chi connectivity index (χ3n) is 2.59. The van der Waals surface area contributed by atoms with E-state index in [1.807, 2.05) is 13.0 Å². The zero-order valence-corrected chi connectivity index (χ0v) is 12.9. The van der Waals surface area contributed by atoms with Gasteiger partial charge in [-0.25, -0.2) is 0 Å². The number of nitrogens with two attached hydrogens (primary N) is 1. The highest BCUT2D eigenvalue weighted by molar-refractivity contribution is 9.11. The summed E-state index contributed by atoms with van der Waals surface area (Å²) in [7, 11) is 0. The summed E-state index contributed by atoms with van der Waals surface area (Å²) in [6, 6.07) is 1.89. The van der Waals surface area contributed by atoms with Crippen LogP contribution in [0.25, 0.3) is 11.5 Å². The molecule has 0 amide bonds. The number of pyridine rings is 1. The van der Waals surface area contributed by atoms with Crippen molar-refractivity contribution in [2.75, 3.05) is 6.54 Å². The average Bonchev–Trinajstić information content (AvgIpc) is 2.80. The zero-order valence-electron chi connectivity index (χ0n) is 9.73. The summed E-state index contributed by atoms with van der Waals surface area (Å²) in [6.45, 7) is 2.53. The summed E-state index contributed by atoms with van der Waals surface area (Å²) < 4.78 is 6.93. The summed E-state index contributed by atoms with van der Waals surface area (Å²) in [5, 5.41) is 3.94. The topological polar surface area (TPSA) is 77.8 Å². The van der Waals surface area contributed by atoms with Crippen LogP contribution in [0.2, 0.25) is 0 Å². The van der Waals surface area contributed by atoms with Crippen molar-refractivity contribution < 1.29 is 4.52 Å². The van der Waals surface area contributed by atoms with Crippen molar-refractivity contribution in [3.05, 3.63) is 27.1 Å². The molecule has 5 nitrogen and oxygen atoms in total. The van der Waals surface area contributed by atoms with Gasteiger partial charge < -0.3 is 10.3 Å². The van der Waals surface area contributed by atoms with Crippen molar-refractivity contribution in [2.24, 2.45) is 5.73 Å². The van der Waals surface area contributed by atoms with E-state index in [4.69, 9.17) is 10.3 Å². The summed E-state index contributed by atoms with van der Waals surface area (Å²) >= 11 is 6.77.